The highest BCUT2D eigenvalue weighted by atomic mass is 79.9. The van der Waals surface area contributed by atoms with Gasteiger partial charge in [0.25, 0.3) is 0 Å². The number of rotatable bonds is 7. The molecule has 0 bridgehead atoms. The van der Waals surface area contributed by atoms with Crippen LogP contribution < -0.4 is 0 Å². The van der Waals surface area contributed by atoms with Gasteiger partial charge in [-0.15, -0.1) is 11.3 Å². The summed E-state index contributed by atoms with van der Waals surface area (Å²) in [6.45, 7) is 4.26. The summed E-state index contributed by atoms with van der Waals surface area (Å²) < 4.78 is 19.4. The van der Waals surface area contributed by atoms with Gasteiger partial charge < -0.3 is 9.42 Å². The molecule has 0 N–H and O–H groups in total. The molecule has 0 spiro atoms. The Morgan fingerprint density at radius 2 is 1.90 bits per heavy atom. The van der Waals surface area contributed by atoms with Gasteiger partial charge in [-0.3, -0.25) is 9.69 Å². The zero-order chi connectivity index (χ0) is 20.9. The van der Waals surface area contributed by atoms with E-state index in [0.29, 0.717) is 36.5 Å². The molecule has 0 atom stereocenters. The minimum Gasteiger partial charge on any atom is -0.340 e. The Balaban J connectivity index is 1.19. The van der Waals surface area contributed by atoms with Crippen molar-refractivity contribution in [1.82, 2.24) is 19.9 Å². The maximum absolute atomic E-state index is 13.0. The van der Waals surface area contributed by atoms with Crippen LogP contribution in [-0.4, -0.2) is 52.0 Å². The third kappa shape index (κ3) is 5.53. The van der Waals surface area contributed by atoms with Crippen molar-refractivity contribution in [2.45, 2.75) is 25.8 Å². The quantitative estimate of drug-likeness (QED) is 0.490. The first-order valence-electron chi connectivity index (χ1n) is 9.90. The smallest absolute Gasteiger partial charge is 0.226 e. The molecule has 0 aliphatic carbocycles. The van der Waals surface area contributed by atoms with Crippen LogP contribution in [-0.2, 0) is 17.8 Å². The van der Waals surface area contributed by atoms with Gasteiger partial charge in [0, 0.05) is 56.0 Å². The van der Waals surface area contributed by atoms with Crippen molar-refractivity contribution in [1.29, 1.82) is 0 Å². The lowest BCUT2D eigenvalue weighted by molar-refractivity contribution is -0.133. The van der Waals surface area contributed by atoms with Gasteiger partial charge in [0.2, 0.25) is 17.6 Å². The molecular formula is C21H22BrFN4O2S. The van der Waals surface area contributed by atoms with Gasteiger partial charge in [-0.25, -0.2) is 4.39 Å². The molecule has 1 aromatic carbocycles. The Labute approximate surface area is 186 Å². The van der Waals surface area contributed by atoms with E-state index in [1.807, 2.05) is 4.90 Å². The van der Waals surface area contributed by atoms with Crippen LogP contribution in [0.1, 0.15) is 23.6 Å². The van der Waals surface area contributed by atoms with Crippen LogP contribution in [0.3, 0.4) is 0 Å². The molecule has 3 heterocycles. The molecule has 0 unspecified atom stereocenters. The Bertz CT molecular complexity index is 983. The van der Waals surface area contributed by atoms with Crippen LogP contribution >= 0.6 is 27.3 Å². The maximum Gasteiger partial charge on any atom is 0.226 e. The first kappa shape index (κ1) is 21.1. The highest BCUT2D eigenvalue weighted by Crippen LogP contribution is 2.24. The topological polar surface area (TPSA) is 62.5 Å². The lowest BCUT2D eigenvalue weighted by Gasteiger charge is -2.34. The fourth-order valence-electron chi connectivity index (χ4n) is 3.43. The van der Waals surface area contributed by atoms with Gasteiger partial charge in [-0.05, 0) is 58.7 Å². The average molecular weight is 493 g/mol. The highest BCUT2D eigenvalue weighted by molar-refractivity contribution is 9.11. The van der Waals surface area contributed by atoms with Gasteiger partial charge in [0.15, 0.2) is 0 Å². The molecule has 1 fully saturated rings. The van der Waals surface area contributed by atoms with Crippen molar-refractivity contribution in [3.05, 3.63) is 56.8 Å². The number of carbonyl (C=O) groups is 1. The summed E-state index contributed by atoms with van der Waals surface area (Å²) in [6, 6.07) is 10.2. The zero-order valence-electron chi connectivity index (χ0n) is 16.4. The van der Waals surface area contributed by atoms with E-state index in [0.717, 1.165) is 36.5 Å². The third-order valence-corrected chi connectivity index (χ3v) is 6.69. The van der Waals surface area contributed by atoms with Crippen LogP contribution in [0.2, 0.25) is 0 Å². The van der Waals surface area contributed by atoms with Gasteiger partial charge in [0.1, 0.15) is 5.82 Å². The summed E-state index contributed by atoms with van der Waals surface area (Å²) in [5, 5.41) is 3.94. The van der Waals surface area contributed by atoms with Crippen molar-refractivity contribution in [2.24, 2.45) is 0 Å². The Kier molecular flexibility index (Phi) is 6.91. The summed E-state index contributed by atoms with van der Waals surface area (Å²) in [4.78, 5) is 22.5. The van der Waals surface area contributed by atoms with Gasteiger partial charge in [0.05, 0.1) is 3.79 Å². The number of carbonyl (C=O) groups excluding carboxylic acids is 1. The molecule has 1 amide bonds. The van der Waals surface area contributed by atoms with Crippen LogP contribution in [0.15, 0.2) is 44.7 Å². The molecule has 0 radical (unpaired) electrons. The largest absolute Gasteiger partial charge is 0.340 e. The molecule has 1 aliphatic rings. The second-order valence-electron chi connectivity index (χ2n) is 7.23. The lowest BCUT2D eigenvalue weighted by Crippen LogP contribution is -2.48. The predicted molar refractivity (Wildman–Crippen MR) is 117 cm³/mol. The van der Waals surface area contributed by atoms with Crippen molar-refractivity contribution < 1.29 is 13.7 Å². The average Bonchev–Trinajstić information content (AvgIpc) is 3.38. The van der Waals surface area contributed by atoms with E-state index >= 15 is 0 Å². The van der Waals surface area contributed by atoms with Crippen LogP contribution in [0.25, 0.3) is 11.4 Å². The van der Waals surface area contributed by atoms with E-state index in [1.165, 1.54) is 17.0 Å². The van der Waals surface area contributed by atoms with Crippen LogP contribution in [0, 0.1) is 5.82 Å². The summed E-state index contributed by atoms with van der Waals surface area (Å²) in [6.07, 6.45) is 1.67. The maximum atomic E-state index is 13.0. The molecule has 30 heavy (non-hydrogen) atoms. The van der Waals surface area contributed by atoms with E-state index < -0.39 is 0 Å². The normalized spacial score (nSPS) is 14.9. The van der Waals surface area contributed by atoms with E-state index in [-0.39, 0.29) is 11.7 Å². The Morgan fingerprint density at radius 3 is 2.60 bits per heavy atom. The number of aromatic nitrogens is 2. The minimum atomic E-state index is -0.304. The number of benzene rings is 1. The fourth-order valence-corrected chi connectivity index (χ4v) is 4.96. The number of piperazine rings is 1. The molecule has 9 heteroatoms. The standard InChI is InChI=1S/C21H22BrFN4O2S/c22-18-9-8-17(30-18)14-26-10-12-27(13-11-26)20(28)3-1-2-19-24-21(25-29-19)15-4-6-16(23)7-5-15/h4-9H,1-3,10-14H2. The predicted octanol–water partition coefficient (Wildman–Crippen LogP) is 4.37. The van der Waals surface area contributed by atoms with E-state index in [1.54, 1.807) is 23.5 Å². The molecule has 2 aromatic heterocycles. The van der Waals surface area contributed by atoms with Crippen LogP contribution in [0.5, 0.6) is 0 Å². The number of hydrogen-bond acceptors (Lipinski definition) is 6. The zero-order valence-corrected chi connectivity index (χ0v) is 18.8. The summed E-state index contributed by atoms with van der Waals surface area (Å²) >= 11 is 5.26. The summed E-state index contributed by atoms with van der Waals surface area (Å²) in [7, 11) is 0. The Morgan fingerprint density at radius 1 is 1.13 bits per heavy atom. The van der Waals surface area contributed by atoms with Gasteiger partial charge >= 0.3 is 0 Å². The number of nitrogens with zero attached hydrogens (tertiary/aromatic N) is 4. The van der Waals surface area contributed by atoms with Crippen LogP contribution in [0.4, 0.5) is 4.39 Å². The molecule has 4 rings (SSSR count). The van der Waals surface area contributed by atoms with E-state index in [4.69, 9.17) is 4.52 Å². The minimum absolute atomic E-state index is 0.173. The number of hydrogen-bond donors (Lipinski definition) is 0. The van der Waals surface area contributed by atoms with Crippen molar-refractivity contribution in [2.75, 3.05) is 26.2 Å². The van der Waals surface area contributed by atoms with Crippen molar-refractivity contribution >= 4 is 33.2 Å². The third-order valence-electron chi connectivity index (χ3n) is 5.09. The number of amides is 1. The number of thiophene rings is 1. The molecule has 158 valence electrons. The molecule has 1 aliphatic heterocycles. The number of aryl methyl sites for hydroxylation is 1. The monoisotopic (exact) mass is 492 g/mol. The Hall–Kier alpha value is -2.10. The molecule has 6 nitrogen and oxygen atoms in total. The number of halogens is 2. The SMILES string of the molecule is O=C(CCCc1nc(-c2ccc(F)cc2)no1)N1CCN(Cc2ccc(Br)s2)CC1. The lowest BCUT2D eigenvalue weighted by atomic mass is 10.2. The van der Waals surface area contributed by atoms with Crippen molar-refractivity contribution in [3.8, 4) is 11.4 Å². The second kappa shape index (κ2) is 9.80. The molecule has 3 aromatic rings. The van der Waals surface area contributed by atoms with E-state index in [9.17, 15) is 9.18 Å². The highest BCUT2D eigenvalue weighted by Gasteiger charge is 2.21. The summed E-state index contributed by atoms with van der Waals surface area (Å²) in [5.41, 5.74) is 0.704. The van der Waals surface area contributed by atoms with Gasteiger partial charge in [-0.1, -0.05) is 5.16 Å². The van der Waals surface area contributed by atoms with Crippen molar-refractivity contribution in [3.63, 3.8) is 0 Å². The molecule has 0 saturated carbocycles. The fraction of sp³-hybridized carbons (Fsp3) is 0.381. The van der Waals surface area contributed by atoms with Gasteiger partial charge in [-0.2, -0.15) is 4.98 Å². The summed E-state index contributed by atoms with van der Waals surface area (Å²) in [5.74, 6) is 0.799. The molecular weight excluding hydrogens is 471 g/mol. The first-order chi connectivity index (χ1) is 14.6. The first-order valence-corrected chi connectivity index (χ1v) is 11.5. The second-order valence-corrected chi connectivity index (χ2v) is 9.78. The molecule has 1 saturated heterocycles. The van der Waals surface area contributed by atoms with E-state index in [2.05, 4.69) is 43.1 Å².